The maximum atomic E-state index is 5.78. The fourth-order valence-corrected chi connectivity index (χ4v) is 3.84. The minimum absolute atomic E-state index is 0.231. The van der Waals surface area contributed by atoms with E-state index in [1.165, 1.54) is 22.3 Å². The highest BCUT2D eigenvalue weighted by Gasteiger charge is 2.29. The molecular formula is C20H23NO4. The summed E-state index contributed by atoms with van der Waals surface area (Å²) in [5, 5.41) is 3.60. The van der Waals surface area contributed by atoms with Crippen molar-refractivity contribution >= 4 is 0 Å². The van der Waals surface area contributed by atoms with Crippen molar-refractivity contribution in [3.05, 3.63) is 40.5 Å². The maximum Gasteiger partial charge on any atom is 0.203 e. The normalized spacial score (nSPS) is 18.0. The summed E-state index contributed by atoms with van der Waals surface area (Å²) in [4.78, 5) is 0. The lowest BCUT2D eigenvalue weighted by atomic mass is 9.90. The number of hydrogen-bond acceptors (Lipinski definition) is 5. The Bertz CT molecular complexity index is 831. The monoisotopic (exact) mass is 341 g/mol. The third kappa shape index (κ3) is 2.46. The van der Waals surface area contributed by atoms with Crippen LogP contribution in [-0.4, -0.2) is 21.3 Å². The van der Waals surface area contributed by atoms with Gasteiger partial charge in [0.1, 0.15) is 0 Å². The second kappa shape index (κ2) is 6.24. The first-order valence-electron chi connectivity index (χ1n) is 8.47. The molecular weight excluding hydrogens is 318 g/mol. The van der Waals surface area contributed by atoms with Gasteiger partial charge in [0.2, 0.25) is 5.75 Å². The van der Waals surface area contributed by atoms with Crippen LogP contribution in [0.4, 0.5) is 0 Å². The molecule has 0 amide bonds. The van der Waals surface area contributed by atoms with E-state index in [0.29, 0.717) is 30.5 Å². The number of methoxy groups -OCH3 is 3. The van der Waals surface area contributed by atoms with Crippen LogP contribution >= 0.6 is 0 Å². The van der Waals surface area contributed by atoms with Gasteiger partial charge in [-0.25, -0.2) is 0 Å². The maximum absolute atomic E-state index is 5.78. The van der Waals surface area contributed by atoms with E-state index in [0.717, 1.165) is 17.7 Å². The molecule has 0 fully saturated rings. The van der Waals surface area contributed by atoms with E-state index in [1.54, 1.807) is 21.3 Å². The third-order valence-corrected chi connectivity index (χ3v) is 5.13. The van der Waals surface area contributed by atoms with Crippen molar-refractivity contribution < 1.29 is 18.9 Å². The van der Waals surface area contributed by atoms with Crippen LogP contribution in [0.15, 0.2) is 18.2 Å². The lowest BCUT2D eigenvalue weighted by molar-refractivity contribution is 0.134. The summed E-state index contributed by atoms with van der Waals surface area (Å²) in [6.07, 6.45) is 0. The van der Waals surface area contributed by atoms with Gasteiger partial charge in [-0.1, -0.05) is 6.07 Å². The molecule has 2 aromatic rings. The van der Waals surface area contributed by atoms with E-state index >= 15 is 0 Å². The van der Waals surface area contributed by atoms with Gasteiger partial charge >= 0.3 is 0 Å². The van der Waals surface area contributed by atoms with Crippen molar-refractivity contribution in [3.63, 3.8) is 0 Å². The molecule has 2 aliphatic heterocycles. The smallest absolute Gasteiger partial charge is 0.203 e. The number of rotatable bonds is 3. The molecule has 0 radical (unpaired) electrons. The van der Waals surface area contributed by atoms with Crippen molar-refractivity contribution in [1.82, 2.24) is 5.32 Å². The Morgan fingerprint density at radius 3 is 2.32 bits per heavy atom. The van der Waals surface area contributed by atoms with Gasteiger partial charge in [0, 0.05) is 18.2 Å². The van der Waals surface area contributed by atoms with Gasteiger partial charge in [-0.2, -0.15) is 0 Å². The highest BCUT2D eigenvalue weighted by molar-refractivity contribution is 5.83. The van der Waals surface area contributed by atoms with Gasteiger partial charge in [-0.3, -0.25) is 0 Å². The number of fused-ring (bicyclic) bond motifs is 4. The largest absolute Gasteiger partial charge is 0.493 e. The van der Waals surface area contributed by atoms with Crippen LogP contribution < -0.4 is 19.5 Å². The standard InChI is InChI=1S/C20H23NO4/c1-11-15-5-13-9-25-10-14(13)6-16(15)18-12(8-21-11)7-17(22-2)19(23-3)20(18)24-4/h5-7,11,21H,8-10H2,1-4H3/t11-/m1/s1. The molecule has 4 rings (SSSR count). The van der Waals surface area contributed by atoms with Crippen LogP contribution in [-0.2, 0) is 24.5 Å². The molecule has 0 spiro atoms. The summed E-state index contributed by atoms with van der Waals surface area (Å²) >= 11 is 0. The minimum atomic E-state index is 0.231. The molecule has 0 aromatic heterocycles. The zero-order chi connectivity index (χ0) is 17.6. The van der Waals surface area contributed by atoms with Gasteiger partial charge in [-0.15, -0.1) is 0 Å². The van der Waals surface area contributed by atoms with Crippen molar-refractivity contribution in [2.45, 2.75) is 32.7 Å². The molecule has 0 bridgehead atoms. The Balaban J connectivity index is 2.04. The first kappa shape index (κ1) is 16.2. The van der Waals surface area contributed by atoms with Gasteiger partial charge in [-0.05, 0) is 46.9 Å². The van der Waals surface area contributed by atoms with Gasteiger partial charge in [0.25, 0.3) is 0 Å². The SMILES string of the molecule is COc1cc2c(c(OC)c1OC)-c1cc3c(cc1[C@@H](C)NC2)COC3. The van der Waals surface area contributed by atoms with E-state index in [2.05, 4.69) is 24.4 Å². The van der Waals surface area contributed by atoms with Crippen LogP contribution in [0.1, 0.15) is 35.2 Å². The van der Waals surface area contributed by atoms with Crippen LogP contribution in [0.25, 0.3) is 11.1 Å². The second-order valence-electron chi connectivity index (χ2n) is 6.48. The molecule has 0 unspecified atom stereocenters. The topological polar surface area (TPSA) is 49.0 Å². The summed E-state index contributed by atoms with van der Waals surface area (Å²) in [7, 11) is 4.96. The molecule has 1 N–H and O–H groups in total. The Morgan fingerprint density at radius 1 is 0.920 bits per heavy atom. The van der Waals surface area contributed by atoms with Crippen LogP contribution in [0, 0.1) is 0 Å². The molecule has 2 aromatic carbocycles. The fraction of sp³-hybridized carbons (Fsp3) is 0.400. The second-order valence-corrected chi connectivity index (χ2v) is 6.48. The fourth-order valence-electron chi connectivity index (χ4n) is 3.84. The quantitative estimate of drug-likeness (QED) is 0.925. The molecule has 5 heteroatoms. The molecule has 2 heterocycles. The summed E-state index contributed by atoms with van der Waals surface area (Å²) < 4.78 is 22.5. The molecule has 0 aliphatic carbocycles. The molecule has 1 atom stereocenters. The Labute approximate surface area is 147 Å². The summed E-state index contributed by atoms with van der Waals surface area (Å²) in [6.45, 7) is 4.28. The lowest BCUT2D eigenvalue weighted by Crippen LogP contribution is -2.16. The summed E-state index contributed by atoms with van der Waals surface area (Å²) in [6, 6.07) is 6.78. The molecule has 5 nitrogen and oxygen atoms in total. The van der Waals surface area contributed by atoms with E-state index in [-0.39, 0.29) is 6.04 Å². The number of nitrogens with one attached hydrogen (secondary N) is 1. The third-order valence-electron chi connectivity index (χ3n) is 5.13. The van der Waals surface area contributed by atoms with Crippen LogP contribution in [0.3, 0.4) is 0 Å². The van der Waals surface area contributed by atoms with Crippen molar-refractivity contribution in [2.75, 3.05) is 21.3 Å². The predicted octanol–water partition coefficient (Wildman–Crippen LogP) is 3.57. The average molecular weight is 341 g/mol. The number of benzene rings is 2. The average Bonchev–Trinajstić information content (AvgIpc) is 3.05. The van der Waals surface area contributed by atoms with E-state index < -0.39 is 0 Å². The van der Waals surface area contributed by atoms with E-state index in [9.17, 15) is 0 Å². The highest BCUT2D eigenvalue weighted by atomic mass is 16.5. The van der Waals surface area contributed by atoms with Crippen LogP contribution in [0.5, 0.6) is 17.2 Å². The van der Waals surface area contributed by atoms with Crippen LogP contribution in [0.2, 0.25) is 0 Å². The Morgan fingerprint density at radius 2 is 1.64 bits per heavy atom. The minimum Gasteiger partial charge on any atom is -0.493 e. The van der Waals surface area contributed by atoms with E-state index in [1.807, 2.05) is 6.07 Å². The zero-order valence-corrected chi connectivity index (χ0v) is 15.1. The van der Waals surface area contributed by atoms with Gasteiger partial charge in [0.15, 0.2) is 11.5 Å². The molecule has 25 heavy (non-hydrogen) atoms. The Kier molecular flexibility index (Phi) is 4.06. The molecule has 0 saturated heterocycles. The Hall–Kier alpha value is -2.24. The zero-order valence-electron chi connectivity index (χ0n) is 15.1. The van der Waals surface area contributed by atoms with Crippen molar-refractivity contribution in [2.24, 2.45) is 0 Å². The first-order valence-corrected chi connectivity index (χ1v) is 8.47. The first-order chi connectivity index (χ1) is 12.2. The van der Waals surface area contributed by atoms with E-state index in [4.69, 9.17) is 18.9 Å². The van der Waals surface area contributed by atoms with Gasteiger partial charge in [0.05, 0.1) is 34.5 Å². The highest BCUT2D eigenvalue weighted by Crippen LogP contribution is 2.50. The molecule has 2 aliphatic rings. The molecule has 132 valence electrons. The number of hydrogen-bond donors (Lipinski definition) is 1. The summed E-state index contributed by atoms with van der Waals surface area (Å²) in [5.74, 6) is 2.02. The van der Waals surface area contributed by atoms with Crippen molar-refractivity contribution in [3.8, 4) is 28.4 Å². The summed E-state index contributed by atoms with van der Waals surface area (Å²) in [5.41, 5.74) is 7.16. The molecule has 0 saturated carbocycles. The predicted molar refractivity (Wildman–Crippen MR) is 95.3 cm³/mol. The number of ether oxygens (including phenoxy) is 4. The lowest BCUT2D eigenvalue weighted by Gasteiger charge is -2.20. The van der Waals surface area contributed by atoms with Gasteiger partial charge < -0.3 is 24.3 Å². The van der Waals surface area contributed by atoms with Crippen molar-refractivity contribution in [1.29, 1.82) is 0 Å².